The van der Waals surface area contributed by atoms with Crippen LogP contribution in [0.1, 0.15) is 16.7 Å². The lowest BCUT2D eigenvalue weighted by molar-refractivity contribution is 0.213. The van der Waals surface area contributed by atoms with Gasteiger partial charge in [-0.1, -0.05) is 0 Å². The molecule has 6 heteroatoms. The van der Waals surface area contributed by atoms with Gasteiger partial charge in [-0.05, 0) is 33.4 Å². The van der Waals surface area contributed by atoms with E-state index in [1.807, 2.05) is 7.05 Å². The Hall–Kier alpha value is -0.690. The number of hydrogen-bond acceptors (Lipinski definition) is 4. The van der Waals surface area contributed by atoms with Crippen LogP contribution in [0.25, 0.3) is 9.40 Å². The summed E-state index contributed by atoms with van der Waals surface area (Å²) in [6.45, 7) is 0. The summed E-state index contributed by atoms with van der Waals surface area (Å²) in [5, 5.41) is 16.6. The first-order chi connectivity index (χ1) is 8.16. The summed E-state index contributed by atoms with van der Waals surface area (Å²) in [5.41, 5.74) is 0.791. The fraction of sp³-hybridized carbons (Fsp3) is 0.182. The van der Waals surface area contributed by atoms with Crippen molar-refractivity contribution in [2.45, 2.75) is 6.10 Å². The molecular formula is C11H9BrN2OS2. The highest BCUT2D eigenvalue weighted by atomic mass is 79.9. The molecule has 3 aromatic heterocycles. The lowest BCUT2D eigenvalue weighted by atomic mass is 10.2. The molecule has 1 atom stereocenters. The van der Waals surface area contributed by atoms with Crippen molar-refractivity contribution in [2.24, 2.45) is 7.05 Å². The van der Waals surface area contributed by atoms with Crippen LogP contribution < -0.4 is 0 Å². The third kappa shape index (κ3) is 1.85. The highest BCUT2D eigenvalue weighted by molar-refractivity contribution is 9.10. The van der Waals surface area contributed by atoms with Crippen LogP contribution in [0.2, 0.25) is 0 Å². The number of aryl methyl sites for hydroxylation is 1. The van der Waals surface area contributed by atoms with E-state index in [-0.39, 0.29) is 0 Å². The smallest absolute Gasteiger partial charge is 0.131 e. The van der Waals surface area contributed by atoms with E-state index in [9.17, 15) is 5.11 Å². The first kappa shape index (κ1) is 11.4. The molecule has 3 nitrogen and oxygen atoms in total. The summed E-state index contributed by atoms with van der Waals surface area (Å²) in [4.78, 5) is 0.955. The van der Waals surface area contributed by atoms with E-state index in [0.717, 1.165) is 15.0 Å². The minimum absolute atomic E-state index is 0.624. The molecule has 88 valence electrons. The molecule has 0 saturated carbocycles. The lowest BCUT2D eigenvalue weighted by Gasteiger charge is -2.09. The Morgan fingerprint density at radius 2 is 2.29 bits per heavy atom. The molecule has 3 rings (SSSR count). The van der Waals surface area contributed by atoms with Crippen molar-refractivity contribution in [3.63, 3.8) is 0 Å². The monoisotopic (exact) mass is 328 g/mol. The Bertz CT molecular complexity index is 622. The molecule has 0 aliphatic heterocycles. The Labute approximate surface area is 114 Å². The number of aliphatic hydroxyl groups is 1. The Morgan fingerprint density at radius 3 is 2.94 bits per heavy atom. The van der Waals surface area contributed by atoms with E-state index in [2.05, 4.69) is 38.5 Å². The molecule has 17 heavy (non-hydrogen) atoms. The average molecular weight is 329 g/mol. The van der Waals surface area contributed by atoms with E-state index in [1.165, 1.54) is 9.40 Å². The molecule has 1 unspecified atom stereocenters. The van der Waals surface area contributed by atoms with Gasteiger partial charge in [0.2, 0.25) is 0 Å². The van der Waals surface area contributed by atoms with Crippen LogP contribution in [-0.4, -0.2) is 14.9 Å². The van der Waals surface area contributed by atoms with Gasteiger partial charge in [0.15, 0.2) is 0 Å². The highest BCUT2D eigenvalue weighted by Crippen LogP contribution is 2.37. The predicted molar refractivity (Wildman–Crippen MR) is 74.7 cm³/mol. The number of aromatic nitrogens is 2. The highest BCUT2D eigenvalue weighted by Gasteiger charge is 2.20. The molecule has 0 bridgehead atoms. The third-order valence-corrected chi connectivity index (χ3v) is 5.38. The van der Waals surface area contributed by atoms with Crippen LogP contribution in [0.4, 0.5) is 0 Å². The van der Waals surface area contributed by atoms with Crippen LogP contribution in [0.3, 0.4) is 0 Å². The maximum absolute atomic E-state index is 10.4. The molecular weight excluding hydrogens is 320 g/mol. The predicted octanol–water partition coefficient (Wildman–Crippen LogP) is 3.54. The molecule has 3 heterocycles. The van der Waals surface area contributed by atoms with Gasteiger partial charge < -0.3 is 5.11 Å². The zero-order valence-corrected chi connectivity index (χ0v) is 12.1. The molecule has 0 fully saturated rings. The van der Waals surface area contributed by atoms with Gasteiger partial charge in [-0.3, -0.25) is 4.68 Å². The minimum Gasteiger partial charge on any atom is -0.381 e. The second kappa shape index (κ2) is 4.20. The normalized spacial score (nSPS) is 13.4. The zero-order valence-electron chi connectivity index (χ0n) is 8.92. The van der Waals surface area contributed by atoms with E-state index < -0.39 is 6.10 Å². The van der Waals surface area contributed by atoms with Crippen LogP contribution in [0, 0.1) is 0 Å². The molecule has 3 aromatic rings. The molecule has 1 N–H and O–H groups in total. The fourth-order valence-electron chi connectivity index (χ4n) is 1.78. The zero-order chi connectivity index (χ0) is 12.0. The van der Waals surface area contributed by atoms with Gasteiger partial charge >= 0.3 is 0 Å². The SMILES string of the molecule is Cn1ncc(Br)c1C(O)c1cc2sccc2s1. The quantitative estimate of drug-likeness (QED) is 0.781. The average Bonchev–Trinajstić information content (AvgIpc) is 2.92. The van der Waals surface area contributed by atoms with Gasteiger partial charge in [-0.25, -0.2) is 0 Å². The maximum atomic E-state index is 10.4. The number of hydrogen-bond donors (Lipinski definition) is 1. The van der Waals surface area contributed by atoms with Crippen molar-refractivity contribution < 1.29 is 5.11 Å². The van der Waals surface area contributed by atoms with Crippen LogP contribution in [0.5, 0.6) is 0 Å². The summed E-state index contributed by atoms with van der Waals surface area (Å²) in [5.74, 6) is 0. The number of aliphatic hydroxyl groups excluding tert-OH is 1. The summed E-state index contributed by atoms with van der Waals surface area (Å²) in [6.07, 6.45) is 1.08. The van der Waals surface area contributed by atoms with E-state index in [0.29, 0.717) is 0 Å². The third-order valence-electron chi connectivity index (χ3n) is 2.62. The van der Waals surface area contributed by atoms with Crippen LogP contribution in [-0.2, 0) is 7.05 Å². The molecule has 0 amide bonds. The molecule has 0 radical (unpaired) electrons. The Kier molecular flexibility index (Phi) is 2.82. The summed E-state index contributed by atoms with van der Waals surface area (Å²) in [6, 6.07) is 4.13. The van der Waals surface area contributed by atoms with Crippen molar-refractivity contribution in [3.8, 4) is 0 Å². The number of halogens is 1. The maximum Gasteiger partial charge on any atom is 0.131 e. The molecule has 0 aliphatic carbocycles. The number of nitrogens with zero attached hydrogens (tertiary/aromatic N) is 2. The van der Waals surface area contributed by atoms with Gasteiger partial charge in [-0.15, -0.1) is 22.7 Å². The lowest BCUT2D eigenvalue weighted by Crippen LogP contribution is -2.05. The van der Waals surface area contributed by atoms with Gasteiger partial charge in [0.25, 0.3) is 0 Å². The summed E-state index contributed by atoms with van der Waals surface area (Å²) >= 11 is 6.74. The van der Waals surface area contributed by atoms with E-state index in [1.54, 1.807) is 33.6 Å². The largest absolute Gasteiger partial charge is 0.381 e. The van der Waals surface area contributed by atoms with Gasteiger partial charge in [-0.2, -0.15) is 5.10 Å². The first-order valence-electron chi connectivity index (χ1n) is 4.99. The van der Waals surface area contributed by atoms with Crippen molar-refractivity contribution in [2.75, 3.05) is 0 Å². The van der Waals surface area contributed by atoms with Crippen molar-refractivity contribution in [3.05, 3.63) is 38.8 Å². The summed E-state index contributed by atoms with van der Waals surface area (Å²) < 4.78 is 4.98. The van der Waals surface area contributed by atoms with E-state index >= 15 is 0 Å². The molecule has 0 spiro atoms. The summed E-state index contributed by atoms with van der Waals surface area (Å²) in [7, 11) is 1.83. The van der Waals surface area contributed by atoms with Crippen LogP contribution >= 0.6 is 38.6 Å². The molecule has 0 aromatic carbocycles. The number of thiophene rings is 2. The minimum atomic E-state index is -0.624. The topological polar surface area (TPSA) is 38.0 Å². The second-order valence-corrected chi connectivity index (χ2v) is 6.62. The number of rotatable bonds is 2. The van der Waals surface area contributed by atoms with Crippen molar-refractivity contribution in [1.82, 2.24) is 9.78 Å². The van der Waals surface area contributed by atoms with Gasteiger partial charge in [0, 0.05) is 21.3 Å². The van der Waals surface area contributed by atoms with Crippen LogP contribution in [0.15, 0.2) is 28.2 Å². The molecule has 0 saturated heterocycles. The Morgan fingerprint density at radius 1 is 1.47 bits per heavy atom. The van der Waals surface area contributed by atoms with E-state index in [4.69, 9.17) is 0 Å². The van der Waals surface area contributed by atoms with Crippen molar-refractivity contribution >= 4 is 48.0 Å². The van der Waals surface area contributed by atoms with Gasteiger partial charge in [0.1, 0.15) is 6.10 Å². The fourth-order valence-corrected chi connectivity index (χ4v) is 4.46. The van der Waals surface area contributed by atoms with Crippen molar-refractivity contribution in [1.29, 1.82) is 0 Å². The standard InChI is InChI=1S/C11H9BrN2OS2/c1-14-10(6(12)5-13-14)11(15)9-4-8-7(17-9)2-3-16-8/h2-5,11,15H,1H3. The molecule has 0 aliphatic rings. The second-order valence-electron chi connectivity index (χ2n) is 3.70. The van der Waals surface area contributed by atoms with Gasteiger partial charge in [0.05, 0.1) is 16.4 Å². The first-order valence-corrected chi connectivity index (χ1v) is 7.48. The number of fused-ring (bicyclic) bond motifs is 1. The Balaban J connectivity index is 2.07.